The van der Waals surface area contributed by atoms with Gasteiger partial charge in [0.1, 0.15) is 5.82 Å². The van der Waals surface area contributed by atoms with Crippen molar-refractivity contribution in [2.75, 3.05) is 26.7 Å². The van der Waals surface area contributed by atoms with Gasteiger partial charge < -0.3 is 14.7 Å². The van der Waals surface area contributed by atoms with Crippen molar-refractivity contribution in [2.45, 2.75) is 25.0 Å². The maximum atomic E-state index is 12.7. The summed E-state index contributed by atoms with van der Waals surface area (Å²) >= 11 is 0. The van der Waals surface area contributed by atoms with Gasteiger partial charge in [-0.2, -0.15) is 0 Å². The van der Waals surface area contributed by atoms with Crippen molar-refractivity contribution < 1.29 is 14.2 Å². The summed E-state index contributed by atoms with van der Waals surface area (Å²) in [5, 5.41) is 9.95. The highest BCUT2D eigenvalue weighted by Crippen LogP contribution is 2.17. The van der Waals surface area contributed by atoms with Crippen LogP contribution in [0.1, 0.15) is 24.6 Å². The maximum absolute atomic E-state index is 12.7. The number of nitrogens with zero attached hydrogens (tertiary/aromatic N) is 2. The summed E-state index contributed by atoms with van der Waals surface area (Å²) in [6.45, 7) is 2.72. The molecule has 2 unspecified atom stereocenters. The van der Waals surface area contributed by atoms with Gasteiger partial charge in [0.2, 0.25) is 0 Å². The molecule has 0 aromatic carbocycles. The van der Waals surface area contributed by atoms with Gasteiger partial charge in [-0.25, -0.2) is 4.39 Å². The fourth-order valence-corrected chi connectivity index (χ4v) is 2.23. The van der Waals surface area contributed by atoms with E-state index in [2.05, 4.69) is 9.88 Å². The van der Waals surface area contributed by atoms with Crippen LogP contribution in [0.15, 0.2) is 18.3 Å². The lowest BCUT2D eigenvalue weighted by Crippen LogP contribution is -2.25. The lowest BCUT2D eigenvalue weighted by Gasteiger charge is -2.17. The van der Waals surface area contributed by atoms with Crippen LogP contribution in [0, 0.1) is 5.82 Å². The molecule has 2 heterocycles. The molecule has 0 radical (unpaired) electrons. The number of rotatable bonds is 5. The highest BCUT2D eigenvalue weighted by atomic mass is 19.1. The van der Waals surface area contributed by atoms with Gasteiger partial charge in [0.15, 0.2) is 0 Å². The molecule has 0 bridgehead atoms. The molecule has 1 aliphatic heterocycles. The minimum Gasteiger partial charge on any atom is -0.387 e. The lowest BCUT2D eigenvalue weighted by atomic mass is 10.1. The Balaban J connectivity index is 1.78. The summed E-state index contributed by atoms with van der Waals surface area (Å²) < 4.78 is 18.0. The first-order valence-electron chi connectivity index (χ1n) is 6.23. The predicted molar refractivity (Wildman–Crippen MR) is 65.6 cm³/mol. The second-order valence-electron chi connectivity index (χ2n) is 4.65. The first-order chi connectivity index (χ1) is 8.69. The largest absolute Gasteiger partial charge is 0.387 e. The van der Waals surface area contributed by atoms with Crippen molar-refractivity contribution in [3.05, 3.63) is 29.8 Å². The minimum atomic E-state index is -0.632. The van der Waals surface area contributed by atoms with E-state index in [0.717, 1.165) is 32.3 Å². The van der Waals surface area contributed by atoms with Crippen LogP contribution in [0.2, 0.25) is 0 Å². The van der Waals surface area contributed by atoms with Crippen molar-refractivity contribution in [1.29, 1.82) is 0 Å². The number of pyridine rings is 1. The molecule has 1 saturated heterocycles. The van der Waals surface area contributed by atoms with Crippen molar-refractivity contribution >= 4 is 0 Å². The topological polar surface area (TPSA) is 45.6 Å². The summed E-state index contributed by atoms with van der Waals surface area (Å²) in [5.74, 6) is -0.381. The zero-order valence-electron chi connectivity index (χ0n) is 10.6. The van der Waals surface area contributed by atoms with E-state index in [-0.39, 0.29) is 5.82 Å². The molecule has 5 heteroatoms. The van der Waals surface area contributed by atoms with E-state index in [9.17, 15) is 9.50 Å². The molecular weight excluding hydrogens is 235 g/mol. The molecule has 2 rings (SSSR count). The highest BCUT2D eigenvalue weighted by molar-refractivity contribution is 5.07. The number of aromatic nitrogens is 1. The average molecular weight is 254 g/mol. The van der Waals surface area contributed by atoms with E-state index in [0.29, 0.717) is 18.2 Å². The van der Waals surface area contributed by atoms with Gasteiger partial charge in [0.05, 0.1) is 24.1 Å². The Labute approximate surface area is 106 Å². The van der Waals surface area contributed by atoms with E-state index >= 15 is 0 Å². The van der Waals surface area contributed by atoms with Gasteiger partial charge in [-0.15, -0.1) is 0 Å². The van der Waals surface area contributed by atoms with Crippen LogP contribution in [0.3, 0.4) is 0 Å². The van der Waals surface area contributed by atoms with E-state index in [1.54, 1.807) is 7.11 Å². The van der Waals surface area contributed by atoms with Crippen molar-refractivity contribution in [1.82, 2.24) is 9.88 Å². The number of hydrogen-bond donors (Lipinski definition) is 1. The number of hydrogen-bond acceptors (Lipinski definition) is 4. The van der Waals surface area contributed by atoms with E-state index in [4.69, 9.17) is 4.74 Å². The van der Waals surface area contributed by atoms with Crippen molar-refractivity contribution in [3.8, 4) is 0 Å². The third kappa shape index (κ3) is 3.48. The standard InChI is InChI=1S/C13H19FN2O2/c1-18-11-4-6-16(9-11)7-5-13(17)12-3-2-10(14)8-15-12/h2-3,8,11,13,17H,4-7,9H2,1H3. The molecule has 100 valence electrons. The summed E-state index contributed by atoms with van der Waals surface area (Å²) in [7, 11) is 1.73. The van der Waals surface area contributed by atoms with Crippen LogP contribution in [-0.4, -0.2) is 47.8 Å². The zero-order valence-corrected chi connectivity index (χ0v) is 10.6. The van der Waals surface area contributed by atoms with E-state index in [1.807, 2.05) is 0 Å². The lowest BCUT2D eigenvalue weighted by molar-refractivity contribution is 0.102. The Bertz CT molecular complexity index is 372. The zero-order chi connectivity index (χ0) is 13.0. The average Bonchev–Trinajstić information content (AvgIpc) is 2.85. The molecule has 0 aliphatic carbocycles. The SMILES string of the molecule is COC1CCN(CCC(O)c2ccc(F)cn2)C1. The Morgan fingerprint density at radius 1 is 1.61 bits per heavy atom. The third-order valence-corrected chi connectivity index (χ3v) is 3.37. The van der Waals surface area contributed by atoms with Crippen LogP contribution in [-0.2, 0) is 4.74 Å². The smallest absolute Gasteiger partial charge is 0.141 e. The quantitative estimate of drug-likeness (QED) is 0.862. The summed E-state index contributed by atoms with van der Waals surface area (Å²) in [4.78, 5) is 6.15. The molecule has 1 aliphatic rings. The van der Waals surface area contributed by atoms with Crippen LogP contribution in [0.5, 0.6) is 0 Å². The molecule has 0 amide bonds. The second-order valence-corrected chi connectivity index (χ2v) is 4.65. The maximum Gasteiger partial charge on any atom is 0.141 e. The van der Waals surface area contributed by atoms with Gasteiger partial charge in [0, 0.05) is 26.7 Å². The molecule has 2 atom stereocenters. The van der Waals surface area contributed by atoms with Crippen LogP contribution in [0.4, 0.5) is 4.39 Å². The molecule has 1 aromatic heterocycles. The normalized spacial score (nSPS) is 22.3. The monoisotopic (exact) mass is 254 g/mol. The van der Waals surface area contributed by atoms with Gasteiger partial charge in [-0.3, -0.25) is 4.98 Å². The van der Waals surface area contributed by atoms with Gasteiger partial charge in [-0.1, -0.05) is 0 Å². The third-order valence-electron chi connectivity index (χ3n) is 3.37. The first kappa shape index (κ1) is 13.4. The highest BCUT2D eigenvalue weighted by Gasteiger charge is 2.22. The van der Waals surface area contributed by atoms with Gasteiger partial charge in [-0.05, 0) is 25.0 Å². The summed E-state index contributed by atoms with van der Waals surface area (Å²) in [6, 6.07) is 2.85. The molecule has 18 heavy (non-hydrogen) atoms. The molecule has 0 spiro atoms. The fraction of sp³-hybridized carbons (Fsp3) is 0.615. The number of halogens is 1. The van der Waals surface area contributed by atoms with E-state index < -0.39 is 6.10 Å². The minimum absolute atomic E-state index is 0.311. The Hall–Kier alpha value is -1.04. The van der Waals surface area contributed by atoms with Crippen molar-refractivity contribution in [2.24, 2.45) is 0 Å². The van der Waals surface area contributed by atoms with E-state index in [1.165, 1.54) is 12.1 Å². The number of methoxy groups -OCH3 is 1. The fourth-order valence-electron chi connectivity index (χ4n) is 2.23. The predicted octanol–water partition coefficient (Wildman–Crippen LogP) is 1.36. The Morgan fingerprint density at radius 2 is 2.44 bits per heavy atom. The summed E-state index contributed by atoms with van der Waals surface area (Å²) in [6.07, 6.45) is 2.46. The number of aliphatic hydroxyl groups excluding tert-OH is 1. The molecule has 1 fully saturated rings. The van der Waals surface area contributed by atoms with Crippen LogP contribution >= 0.6 is 0 Å². The summed E-state index contributed by atoms with van der Waals surface area (Å²) in [5.41, 5.74) is 0.527. The number of aliphatic hydroxyl groups is 1. The molecule has 0 saturated carbocycles. The first-order valence-corrected chi connectivity index (χ1v) is 6.23. The van der Waals surface area contributed by atoms with Gasteiger partial charge >= 0.3 is 0 Å². The number of ether oxygens (including phenoxy) is 1. The van der Waals surface area contributed by atoms with Crippen LogP contribution in [0.25, 0.3) is 0 Å². The van der Waals surface area contributed by atoms with Crippen molar-refractivity contribution in [3.63, 3.8) is 0 Å². The number of likely N-dealkylation sites (tertiary alicyclic amines) is 1. The molecule has 1 aromatic rings. The Morgan fingerprint density at radius 3 is 3.06 bits per heavy atom. The van der Waals surface area contributed by atoms with Gasteiger partial charge in [0.25, 0.3) is 0 Å². The second kappa shape index (κ2) is 6.22. The van der Waals surface area contributed by atoms with Crippen LogP contribution < -0.4 is 0 Å². The molecule has 4 nitrogen and oxygen atoms in total. The molecular formula is C13H19FN2O2. The Kier molecular flexibility index (Phi) is 4.63. The molecule has 1 N–H and O–H groups in total.